The number of nitrogens with one attached hydrogen (secondary N) is 3. The maximum absolute atomic E-state index is 13.9. The summed E-state index contributed by atoms with van der Waals surface area (Å²) in [5.74, 6) is 1.02. The van der Waals surface area contributed by atoms with Crippen LogP contribution in [0.15, 0.2) is 58.3 Å². The van der Waals surface area contributed by atoms with Gasteiger partial charge in [-0.15, -0.1) is 11.3 Å². The molecule has 17 nitrogen and oxygen atoms in total. The number of nitrogens with two attached hydrogens (primary N) is 1. The van der Waals surface area contributed by atoms with Gasteiger partial charge in [0.25, 0.3) is 0 Å². The molecular weight excluding hydrogens is 962 g/mol. The molecule has 0 radical (unpaired) electrons. The van der Waals surface area contributed by atoms with Crippen molar-refractivity contribution in [2.45, 2.75) is 152 Å². The zero-order valence-corrected chi connectivity index (χ0v) is 44.0. The van der Waals surface area contributed by atoms with Crippen LogP contribution in [-0.4, -0.2) is 127 Å². The minimum Gasteiger partial charge on any atom is -0.490 e. The molecule has 8 rings (SSSR count). The third-order valence-electron chi connectivity index (χ3n) is 14.2. The molecule has 3 aromatic heterocycles. The highest BCUT2D eigenvalue weighted by Gasteiger charge is 2.44. The predicted octanol–water partition coefficient (Wildman–Crippen LogP) is 6.60. The Morgan fingerprint density at radius 1 is 1.00 bits per heavy atom. The van der Waals surface area contributed by atoms with E-state index in [-0.39, 0.29) is 54.9 Å². The van der Waals surface area contributed by atoms with Gasteiger partial charge in [0.1, 0.15) is 34.5 Å². The first-order valence-electron chi connectivity index (χ1n) is 24.8. The fraction of sp³-hybridized carbons (Fsp3) is 0.569. The van der Waals surface area contributed by atoms with Crippen LogP contribution < -0.4 is 31.3 Å². The van der Waals surface area contributed by atoms with E-state index >= 15 is 0 Å². The van der Waals surface area contributed by atoms with Crippen LogP contribution in [0.4, 0.5) is 11.6 Å². The number of piperidine rings is 2. The first-order chi connectivity index (χ1) is 33.8. The van der Waals surface area contributed by atoms with E-state index in [4.69, 9.17) is 22.1 Å². The zero-order chi connectivity index (χ0) is 50.6. The van der Waals surface area contributed by atoms with Crippen LogP contribution in [0, 0.1) is 18.3 Å². The first-order valence-corrected chi connectivity index (χ1v) is 26.9. The number of likely N-dealkylation sites (tertiary alicyclic amines) is 2. The Balaban J connectivity index is 0.835. The Morgan fingerprint density at radius 2 is 1.73 bits per heavy atom. The molecule has 4 aromatic rings. The summed E-state index contributed by atoms with van der Waals surface area (Å²) in [6.07, 6.45) is 10.6. The summed E-state index contributed by atoms with van der Waals surface area (Å²) in [4.78, 5) is 79.5. The second-order valence-corrected chi connectivity index (χ2v) is 23.3. The molecule has 6 N–H and O–H groups in total. The molecule has 71 heavy (non-hydrogen) atoms. The molecule has 0 spiro atoms. The highest BCUT2D eigenvalue weighted by molar-refractivity contribution is 7.99. The number of carbonyl (C=O) groups excluding carboxylic acids is 4. The van der Waals surface area contributed by atoms with E-state index in [1.165, 1.54) is 23.6 Å². The second kappa shape index (κ2) is 22.4. The van der Waals surface area contributed by atoms with E-state index in [1.807, 2.05) is 68.6 Å². The van der Waals surface area contributed by atoms with Gasteiger partial charge in [-0.3, -0.25) is 19.2 Å². The lowest BCUT2D eigenvalue weighted by atomic mass is 9.85. The van der Waals surface area contributed by atoms with Gasteiger partial charge in [0.05, 0.1) is 45.7 Å². The third-order valence-corrected chi connectivity index (χ3v) is 16.7. The number of hydrogen-bond acceptors (Lipinski definition) is 15. The highest BCUT2D eigenvalue weighted by atomic mass is 35.5. The van der Waals surface area contributed by atoms with Crippen molar-refractivity contribution in [3.8, 4) is 16.2 Å². The lowest BCUT2D eigenvalue weighted by Gasteiger charge is -2.37. The van der Waals surface area contributed by atoms with Crippen molar-refractivity contribution < 1.29 is 29.0 Å². The topological polar surface area (TPSA) is 221 Å². The fourth-order valence-corrected chi connectivity index (χ4v) is 11.8. The number of carbonyl (C=O) groups is 4. The molecule has 0 unspecified atom stereocenters. The van der Waals surface area contributed by atoms with Crippen LogP contribution in [0.2, 0.25) is 5.02 Å². The van der Waals surface area contributed by atoms with Gasteiger partial charge in [-0.05, 0) is 88.3 Å². The maximum atomic E-state index is 13.9. The van der Waals surface area contributed by atoms with Crippen LogP contribution in [0.25, 0.3) is 10.4 Å². The number of benzene rings is 1. The Bertz CT molecular complexity index is 2530. The predicted molar refractivity (Wildman–Crippen MR) is 276 cm³/mol. The van der Waals surface area contributed by atoms with Crippen LogP contribution in [0.3, 0.4) is 0 Å². The summed E-state index contributed by atoms with van der Waals surface area (Å²) in [6, 6.07) is 6.13. The van der Waals surface area contributed by atoms with Gasteiger partial charge in [-0.25, -0.2) is 19.9 Å². The number of nitrogens with zero attached hydrogens (tertiary/aromatic N) is 7. The minimum absolute atomic E-state index is 0.00764. The van der Waals surface area contributed by atoms with E-state index in [0.29, 0.717) is 55.4 Å². The Morgan fingerprint density at radius 3 is 2.38 bits per heavy atom. The van der Waals surface area contributed by atoms with Crippen molar-refractivity contribution in [2.24, 2.45) is 17.1 Å². The molecule has 0 bridgehead atoms. The SMILES string of the molecule is CC(=O)N[C@H](C(=O)N1C[C@H](O)C[C@H]1C(=O)NCc1ccc(-c2scnc2C)cc1OC1CCC(C(=O)N2CCC(Nc3nccc(Sc4cnc(N5CCC(C)(N)CC5)cn4)c3Cl)CC2)CC1)C(C)(C)C. The van der Waals surface area contributed by atoms with Crippen LogP contribution in [-0.2, 0) is 25.7 Å². The number of pyridine rings is 1. The van der Waals surface area contributed by atoms with Crippen molar-refractivity contribution in [1.82, 2.24) is 40.4 Å². The molecule has 3 saturated heterocycles. The van der Waals surface area contributed by atoms with Gasteiger partial charge in [-0.1, -0.05) is 56.3 Å². The van der Waals surface area contributed by atoms with Gasteiger partial charge in [0, 0.05) is 86.8 Å². The molecule has 4 aliphatic rings. The number of halogens is 1. The normalized spacial score (nSPS) is 22.2. The Kier molecular flexibility index (Phi) is 16.5. The summed E-state index contributed by atoms with van der Waals surface area (Å²) in [6.45, 7) is 14.1. The molecule has 6 heterocycles. The summed E-state index contributed by atoms with van der Waals surface area (Å²) < 4.78 is 6.76. The van der Waals surface area contributed by atoms with Crippen LogP contribution in [0.1, 0.15) is 104 Å². The molecule has 4 amide bonds. The molecule has 1 aliphatic carbocycles. The van der Waals surface area contributed by atoms with E-state index in [9.17, 15) is 24.3 Å². The maximum Gasteiger partial charge on any atom is 0.246 e. The Hall–Kier alpha value is -5.08. The van der Waals surface area contributed by atoms with Gasteiger partial charge >= 0.3 is 0 Å². The van der Waals surface area contributed by atoms with E-state index in [1.54, 1.807) is 23.7 Å². The third kappa shape index (κ3) is 12.9. The molecule has 1 aromatic carbocycles. The summed E-state index contributed by atoms with van der Waals surface area (Å²) in [5.41, 5.74) is 9.99. The van der Waals surface area contributed by atoms with Gasteiger partial charge in [0.15, 0.2) is 0 Å². The molecule has 1 saturated carbocycles. The smallest absolute Gasteiger partial charge is 0.246 e. The molecule has 4 fully saturated rings. The quantitative estimate of drug-likeness (QED) is 0.0900. The number of ether oxygens (including phenoxy) is 1. The van der Waals surface area contributed by atoms with Crippen LogP contribution >= 0.6 is 34.7 Å². The first kappa shape index (κ1) is 52.2. The van der Waals surface area contributed by atoms with Gasteiger partial charge < -0.3 is 46.2 Å². The zero-order valence-electron chi connectivity index (χ0n) is 41.6. The summed E-state index contributed by atoms with van der Waals surface area (Å²) >= 11 is 9.90. The van der Waals surface area contributed by atoms with Gasteiger partial charge in [-0.2, -0.15) is 0 Å². The number of β-amino-alcohol motifs (C(OH)–C–C–N with tert-alkyl or cyclic N) is 1. The van der Waals surface area contributed by atoms with E-state index < -0.39 is 35.4 Å². The number of aryl methyl sites for hydroxylation is 1. The fourth-order valence-electron chi connectivity index (χ4n) is 9.95. The van der Waals surface area contributed by atoms with Crippen molar-refractivity contribution in [1.29, 1.82) is 0 Å². The lowest BCUT2D eigenvalue weighted by molar-refractivity contribution is -0.143. The summed E-state index contributed by atoms with van der Waals surface area (Å²) in [5, 5.41) is 21.2. The van der Waals surface area contributed by atoms with E-state index in [0.717, 1.165) is 76.2 Å². The number of aliphatic hydroxyl groups excluding tert-OH is 1. The standard InChI is InChI=1S/C51H68ClN11O6S2/c1-30-44(70-29-58-30)33-7-8-34(25-57-47(66)38-24-36(65)28-63(38)49(68)45(50(3,4)5)59-31(2)64)39(23-33)69-37-11-9-32(10-12-37)48(67)62-19-14-35(15-20-62)60-46-43(52)40(13-18-54-46)71-42-27-55-41(26-56-42)61-21-16-51(6,53)17-22-61/h7-8,13,18,23,26-27,29,32,35-38,45,65H,9-12,14-17,19-22,24-25,28,53H2,1-6H3,(H,54,60)(H,57,66)(H,59,64)/t32?,36-,37?,38+,45-/m1/s1. The van der Waals surface area contributed by atoms with E-state index in [2.05, 4.69) is 47.7 Å². The van der Waals surface area contributed by atoms with Crippen molar-refractivity contribution in [3.63, 3.8) is 0 Å². The number of aromatic nitrogens is 4. The Labute approximate surface area is 429 Å². The summed E-state index contributed by atoms with van der Waals surface area (Å²) in [7, 11) is 0. The van der Waals surface area contributed by atoms with Crippen LogP contribution in [0.5, 0.6) is 5.75 Å². The number of rotatable bonds is 14. The number of amides is 4. The number of aliphatic hydroxyl groups is 1. The molecule has 382 valence electrons. The molecule has 3 aliphatic heterocycles. The molecule has 3 atom stereocenters. The largest absolute Gasteiger partial charge is 0.490 e. The minimum atomic E-state index is -0.910. The molecular formula is C51H68ClN11O6S2. The number of hydrogen-bond donors (Lipinski definition) is 5. The molecule has 20 heteroatoms. The average molecular weight is 1030 g/mol. The second-order valence-electron chi connectivity index (χ2n) is 21.0. The monoisotopic (exact) mass is 1030 g/mol. The number of thiazole rings is 1. The highest BCUT2D eigenvalue weighted by Crippen LogP contribution is 2.38. The van der Waals surface area contributed by atoms with Crippen molar-refractivity contribution in [2.75, 3.05) is 42.9 Å². The number of anilines is 2. The van der Waals surface area contributed by atoms with Gasteiger partial charge in [0.2, 0.25) is 23.6 Å². The van der Waals surface area contributed by atoms with Crippen molar-refractivity contribution >= 4 is 70.0 Å². The average Bonchev–Trinajstić information content (AvgIpc) is 3.96. The lowest BCUT2D eigenvalue weighted by Crippen LogP contribution is -2.57. The van der Waals surface area contributed by atoms with Crippen molar-refractivity contribution in [3.05, 3.63) is 64.6 Å².